The molecule has 7 nitrogen and oxygen atoms in total. The smallest absolute Gasteiger partial charge is 0.414 e. The van der Waals surface area contributed by atoms with Gasteiger partial charge in [-0.05, 0) is 42.8 Å². The highest BCUT2D eigenvalue weighted by atomic mass is 32.1. The second-order valence-electron chi connectivity index (χ2n) is 6.94. The van der Waals surface area contributed by atoms with Crippen molar-refractivity contribution in [1.82, 2.24) is 5.32 Å². The van der Waals surface area contributed by atoms with Crippen molar-refractivity contribution in [2.75, 3.05) is 36.0 Å². The van der Waals surface area contributed by atoms with Crippen molar-refractivity contribution in [2.24, 2.45) is 11.7 Å². The average Bonchev–Trinajstić information content (AvgIpc) is 3.02. The molecule has 148 valence electrons. The van der Waals surface area contributed by atoms with Gasteiger partial charge < -0.3 is 20.7 Å². The standard InChI is InChI=1S/C19H22FN5O2S/c1-12-10-24(7-5-13(12)4-6-21)17-3-2-14(8-16(17)20)25-11-15(27-19(25)26)9-23-18(22)28/h2-4,8,12,15H,5,7,9-11H2,1H3,(H3,22,23,28). The highest BCUT2D eigenvalue weighted by Gasteiger charge is 2.33. The van der Waals surface area contributed by atoms with Crippen molar-refractivity contribution in [3.63, 3.8) is 0 Å². The third kappa shape index (κ3) is 4.34. The molecule has 1 aromatic rings. The number of carbonyl (C=O) groups is 1. The number of allylic oxidation sites excluding steroid dienone is 1. The number of rotatable bonds is 4. The van der Waals surface area contributed by atoms with E-state index in [4.69, 9.17) is 28.0 Å². The summed E-state index contributed by atoms with van der Waals surface area (Å²) in [5.74, 6) is -0.210. The first-order valence-electron chi connectivity index (χ1n) is 9.03. The molecule has 28 heavy (non-hydrogen) atoms. The molecular weight excluding hydrogens is 381 g/mol. The topological polar surface area (TPSA) is 94.6 Å². The van der Waals surface area contributed by atoms with Crippen molar-refractivity contribution < 1.29 is 13.9 Å². The molecule has 1 amide bonds. The number of halogens is 1. The van der Waals surface area contributed by atoms with E-state index in [-0.39, 0.29) is 17.6 Å². The van der Waals surface area contributed by atoms with Gasteiger partial charge in [-0.25, -0.2) is 9.18 Å². The Morgan fingerprint density at radius 3 is 2.96 bits per heavy atom. The molecule has 2 saturated heterocycles. The SMILES string of the molecule is CC1CN(c2ccc(N3CC(CNC(N)=S)OC3=O)cc2F)CCC1=CC#N. The molecule has 3 N–H and O–H groups in total. The summed E-state index contributed by atoms with van der Waals surface area (Å²) in [6, 6.07) is 6.83. The Kier molecular flexibility index (Phi) is 5.99. The van der Waals surface area contributed by atoms with Crippen molar-refractivity contribution >= 4 is 34.8 Å². The number of cyclic esters (lactones) is 1. The van der Waals surface area contributed by atoms with Crippen LogP contribution in [0.25, 0.3) is 0 Å². The molecule has 2 aliphatic rings. The van der Waals surface area contributed by atoms with Crippen LogP contribution in [0.3, 0.4) is 0 Å². The van der Waals surface area contributed by atoms with Crippen LogP contribution in [0.4, 0.5) is 20.6 Å². The number of hydrogen-bond donors (Lipinski definition) is 2. The van der Waals surface area contributed by atoms with Crippen LogP contribution in [0.2, 0.25) is 0 Å². The number of nitriles is 1. The maximum atomic E-state index is 14.8. The number of carbonyl (C=O) groups excluding carboxylic acids is 1. The van der Waals surface area contributed by atoms with Gasteiger partial charge in [0, 0.05) is 19.2 Å². The second kappa shape index (κ2) is 8.44. The Labute approximate surface area is 168 Å². The number of anilines is 2. The lowest BCUT2D eigenvalue weighted by atomic mass is 9.92. The zero-order chi connectivity index (χ0) is 20.3. The molecule has 0 aliphatic carbocycles. The number of nitrogens with two attached hydrogens (primary N) is 1. The number of hydrogen-bond acceptors (Lipinski definition) is 5. The van der Waals surface area contributed by atoms with Gasteiger partial charge in [-0.15, -0.1) is 0 Å². The quantitative estimate of drug-likeness (QED) is 0.588. The van der Waals surface area contributed by atoms with Crippen molar-refractivity contribution in [2.45, 2.75) is 19.4 Å². The number of ether oxygens (including phenoxy) is 1. The van der Waals surface area contributed by atoms with E-state index in [0.29, 0.717) is 31.0 Å². The predicted octanol–water partition coefficient (Wildman–Crippen LogP) is 2.28. The zero-order valence-corrected chi connectivity index (χ0v) is 16.3. The minimum atomic E-state index is -0.528. The molecular formula is C19H22FN5O2S. The number of piperidine rings is 1. The largest absolute Gasteiger partial charge is 0.442 e. The molecule has 0 spiro atoms. The fourth-order valence-corrected chi connectivity index (χ4v) is 3.62. The minimum Gasteiger partial charge on any atom is -0.442 e. The zero-order valence-electron chi connectivity index (χ0n) is 15.5. The monoisotopic (exact) mass is 403 g/mol. The summed E-state index contributed by atoms with van der Waals surface area (Å²) in [5, 5.41) is 11.7. The first kappa shape index (κ1) is 19.9. The van der Waals surface area contributed by atoms with E-state index in [1.807, 2.05) is 11.8 Å². The molecule has 2 aliphatic heterocycles. The Hall–Kier alpha value is -2.86. The van der Waals surface area contributed by atoms with Gasteiger partial charge in [0.2, 0.25) is 0 Å². The van der Waals surface area contributed by atoms with E-state index in [0.717, 1.165) is 12.0 Å². The number of nitrogens with zero attached hydrogens (tertiary/aromatic N) is 3. The van der Waals surface area contributed by atoms with Gasteiger partial charge in [0.05, 0.1) is 30.5 Å². The Bertz CT molecular complexity index is 853. The molecule has 2 atom stereocenters. The van der Waals surface area contributed by atoms with Gasteiger partial charge in [0.25, 0.3) is 0 Å². The molecule has 2 unspecified atom stereocenters. The van der Waals surface area contributed by atoms with E-state index in [2.05, 4.69) is 11.4 Å². The summed E-state index contributed by atoms with van der Waals surface area (Å²) >= 11 is 4.75. The maximum absolute atomic E-state index is 14.8. The van der Waals surface area contributed by atoms with Crippen molar-refractivity contribution in [3.8, 4) is 6.07 Å². The maximum Gasteiger partial charge on any atom is 0.414 e. The van der Waals surface area contributed by atoms with Crippen molar-refractivity contribution in [3.05, 3.63) is 35.7 Å². The lowest BCUT2D eigenvalue weighted by Crippen LogP contribution is -2.37. The Morgan fingerprint density at radius 2 is 2.32 bits per heavy atom. The summed E-state index contributed by atoms with van der Waals surface area (Å²) in [7, 11) is 0. The summed E-state index contributed by atoms with van der Waals surface area (Å²) < 4.78 is 20.1. The van der Waals surface area contributed by atoms with Crippen LogP contribution >= 0.6 is 12.2 Å². The second-order valence-corrected chi connectivity index (χ2v) is 7.38. The van der Waals surface area contributed by atoms with Gasteiger partial charge in [-0.3, -0.25) is 4.90 Å². The fourth-order valence-electron chi connectivity index (χ4n) is 3.54. The number of thiocarbonyl (C=S) groups is 1. The summed E-state index contributed by atoms with van der Waals surface area (Å²) in [6.45, 7) is 3.91. The number of benzene rings is 1. The van der Waals surface area contributed by atoms with Crippen LogP contribution in [0.5, 0.6) is 0 Å². The molecule has 3 rings (SSSR count). The normalized spacial score (nSPS) is 23.5. The van der Waals surface area contributed by atoms with E-state index in [1.54, 1.807) is 18.2 Å². The van der Waals surface area contributed by atoms with E-state index < -0.39 is 18.0 Å². The third-order valence-electron chi connectivity index (χ3n) is 5.01. The summed E-state index contributed by atoms with van der Waals surface area (Å²) in [4.78, 5) is 15.5. The van der Waals surface area contributed by atoms with Gasteiger partial charge in [-0.2, -0.15) is 5.26 Å². The van der Waals surface area contributed by atoms with Gasteiger partial charge in [0.1, 0.15) is 11.9 Å². The molecule has 0 radical (unpaired) electrons. The first-order chi connectivity index (χ1) is 13.4. The van der Waals surface area contributed by atoms with Gasteiger partial charge in [0.15, 0.2) is 5.11 Å². The number of nitrogens with one attached hydrogen (secondary N) is 1. The third-order valence-corrected chi connectivity index (χ3v) is 5.15. The average molecular weight is 403 g/mol. The molecule has 0 aromatic heterocycles. The van der Waals surface area contributed by atoms with E-state index in [1.165, 1.54) is 11.0 Å². The van der Waals surface area contributed by atoms with Crippen molar-refractivity contribution in [1.29, 1.82) is 5.26 Å². The van der Waals surface area contributed by atoms with Crippen LogP contribution in [0, 0.1) is 23.1 Å². The molecule has 1 aromatic carbocycles. The van der Waals surface area contributed by atoms with Crippen LogP contribution in [-0.2, 0) is 4.74 Å². The van der Waals surface area contributed by atoms with Gasteiger partial charge in [-0.1, -0.05) is 12.5 Å². The van der Waals surface area contributed by atoms with Crippen LogP contribution in [0.1, 0.15) is 13.3 Å². The van der Waals surface area contributed by atoms with Crippen LogP contribution in [-0.4, -0.2) is 43.5 Å². The lowest BCUT2D eigenvalue weighted by Gasteiger charge is -2.34. The van der Waals surface area contributed by atoms with E-state index >= 15 is 0 Å². The molecule has 0 saturated carbocycles. The summed E-state index contributed by atoms with van der Waals surface area (Å²) in [5.41, 5.74) is 7.41. The summed E-state index contributed by atoms with van der Waals surface area (Å²) in [6.07, 6.45) is 1.37. The number of amides is 1. The van der Waals surface area contributed by atoms with Crippen LogP contribution in [0.15, 0.2) is 29.8 Å². The Morgan fingerprint density at radius 1 is 1.54 bits per heavy atom. The predicted molar refractivity (Wildman–Crippen MR) is 108 cm³/mol. The molecule has 2 heterocycles. The molecule has 0 bridgehead atoms. The fraction of sp³-hybridized carbons (Fsp3) is 0.421. The highest BCUT2D eigenvalue weighted by Crippen LogP contribution is 2.31. The van der Waals surface area contributed by atoms with E-state index in [9.17, 15) is 9.18 Å². The molecule has 9 heteroatoms. The van der Waals surface area contributed by atoms with Crippen LogP contribution < -0.4 is 20.9 Å². The minimum absolute atomic E-state index is 0.133. The highest BCUT2D eigenvalue weighted by molar-refractivity contribution is 7.80. The van der Waals surface area contributed by atoms with Gasteiger partial charge >= 0.3 is 6.09 Å². The first-order valence-corrected chi connectivity index (χ1v) is 9.44. The molecule has 2 fully saturated rings. The Balaban J connectivity index is 1.69. The lowest BCUT2D eigenvalue weighted by molar-refractivity contribution is 0.143.